The predicted octanol–water partition coefficient (Wildman–Crippen LogP) is 1.56. The number of aromatic nitrogens is 2. The zero-order valence-electron chi connectivity index (χ0n) is 10.3. The van der Waals surface area contributed by atoms with Gasteiger partial charge in [-0.15, -0.1) is 0 Å². The fraction of sp³-hybridized carbons (Fsp3) is 0.750. The average molecular weight is 222 g/mol. The monoisotopic (exact) mass is 222 g/mol. The summed E-state index contributed by atoms with van der Waals surface area (Å²) in [6, 6.07) is 0. The molecule has 0 atom stereocenters. The van der Waals surface area contributed by atoms with Gasteiger partial charge in [-0.1, -0.05) is 6.92 Å². The second kappa shape index (κ2) is 5.34. The first kappa shape index (κ1) is 11.5. The molecule has 0 spiro atoms. The maximum absolute atomic E-state index is 4.24. The van der Waals surface area contributed by atoms with Gasteiger partial charge in [0.15, 0.2) is 0 Å². The molecule has 1 fully saturated rings. The van der Waals surface area contributed by atoms with E-state index in [4.69, 9.17) is 0 Å². The highest BCUT2D eigenvalue weighted by Crippen LogP contribution is 2.15. The van der Waals surface area contributed by atoms with E-state index in [-0.39, 0.29) is 0 Å². The van der Waals surface area contributed by atoms with Gasteiger partial charge in [0.2, 0.25) is 5.95 Å². The standard InChI is InChI=1S/C12H22N4/c1-11-3-7-16(8-4-11)10-6-14-12-13-5-9-15(12)2/h5,9,11H,3-4,6-8,10H2,1-2H3,(H,13,14). The molecule has 2 heterocycles. The molecule has 0 bridgehead atoms. The zero-order valence-corrected chi connectivity index (χ0v) is 10.3. The van der Waals surface area contributed by atoms with Crippen LogP contribution in [-0.4, -0.2) is 40.6 Å². The summed E-state index contributed by atoms with van der Waals surface area (Å²) in [5.41, 5.74) is 0. The normalized spacial score (nSPS) is 18.9. The van der Waals surface area contributed by atoms with Gasteiger partial charge in [-0.2, -0.15) is 0 Å². The number of hydrogen-bond acceptors (Lipinski definition) is 3. The third kappa shape index (κ3) is 2.98. The van der Waals surface area contributed by atoms with Crippen LogP contribution >= 0.6 is 0 Å². The van der Waals surface area contributed by atoms with E-state index in [9.17, 15) is 0 Å². The van der Waals surface area contributed by atoms with Crippen molar-refractivity contribution in [3.63, 3.8) is 0 Å². The van der Waals surface area contributed by atoms with Crippen molar-refractivity contribution in [2.45, 2.75) is 19.8 Å². The molecule has 16 heavy (non-hydrogen) atoms. The number of nitrogens with one attached hydrogen (secondary N) is 1. The second-order valence-electron chi connectivity index (χ2n) is 4.81. The van der Waals surface area contributed by atoms with Crippen LogP contribution in [-0.2, 0) is 7.05 Å². The van der Waals surface area contributed by atoms with E-state index >= 15 is 0 Å². The molecule has 1 aliphatic rings. The molecule has 0 saturated carbocycles. The highest BCUT2D eigenvalue weighted by Gasteiger charge is 2.14. The third-order valence-electron chi connectivity index (χ3n) is 3.41. The molecule has 1 aromatic heterocycles. The fourth-order valence-electron chi connectivity index (χ4n) is 2.15. The fourth-order valence-corrected chi connectivity index (χ4v) is 2.15. The SMILES string of the molecule is CC1CCN(CCNc2nccn2C)CC1. The molecule has 4 nitrogen and oxygen atoms in total. The van der Waals surface area contributed by atoms with Crippen molar-refractivity contribution in [1.29, 1.82) is 0 Å². The van der Waals surface area contributed by atoms with Gasteiger partial charge in [-0.3, -0.25) is 0 Å². The summed E-state index contributed by atoms with van der Waals surface area (Å²) >= 11 is 0. The molecule has 2 rings (SSSR count). The summed E-state index contributed by atoms with van der Waals surface area (Å²) in [6.07, 6.45) is 6.49. The van der Waals surface area contributed by atoms with Crippen molar-refractivity contribution in [2.24, 2.45) is 13.0 Å². The van der Waals surface area contributed by atoms with Gasteiger partial charge in [-0.25, -0.2) is 4.98 Å². The first-order chi connectivity index (χ1) is 7.75. The lowest BCUT2D eigenvalue weighted by Crippen LogP contribution is -2.36. The van der Waals surface area contributed by atoms with Crippen LogP contribution in [0.5, 0.6) is 0 Å². The van der Waals surface area contributed by atoms with Crippen molar-refractivity contribution >= 4 is 5.95 Å². The summed E-state index contributed by atoms with van der Waals surface area (Å²) in [5.74, 6) is 1.88. The van der Waals surface area contributed by atoms with E-state index in [1.165, 1.54) is 25.9 Å². The van der Waals surface area contributed by atoms with Gasteiger partial charge in [0, 0.05) is 32.5 Å². The molecule has 1 aromatic rings. The maximum atomic E-state index is 4.24. The zero-order chi connectivity index (χ0) is 11.4. The van der Waals surface area contributed by atoms with Crippen molar-refractivity contribution in [1.82, 2.24) is 14.5 Å². The van der Waals surface area contributed by atoms with Crippen molar-refractivity contribution < 1.29 is 0 Å². The maximum Gasteiger partial charge on any atom is 0.202 e. The summed E-state index contributed by atoms with van der Waals surface area (Å²) in [5, 5.41) is 3.36. The summed E-state index contributed by atoms with van der Waals surface area (Å²) in [6.45, 7) is 6.97. The van der Waals surface area contributed by atoms with Crippen LogP contribution in [0.3, 0.4) is 0 Å². The largest absolute Gasteiger partial charge is 0.354 e. The van der Waals surface area contributed by atoms with Gasteiger partial charge in [-0.05, 0) is 31.8 Å². The smallest absolute Gasteiger partial charge is 0.202 e. The number of piperidine rings is 1. The molecular weight excluding hydrogens is 200 g/mol. The van der Waals surface area contributed by atoms with E-state index in [2.05, 4.69) is 22.1 Å². The Balaban J connectivity index is 1.67. The Morgan fingerprint density at radius 1 is 1.44 bits per heavy atom. The van der Waals surface area contributed by atoms with Crippen molar-refractivity contribution in [3.05, 3.63) is 12.4 Å². The van der Waals surface area contributed by atoms with Crippen LogP contribution in [0.4, 0.5) is 5.95 Å². The minimum atomic E-state index is 0.916. The van der Waals surface area contributed by atoms with Gasteiger partial charge in [0.05, 0.1) is 0 Å². The third-order valence-corrected chi connectivity index (χ3v) is 3.41. The number of rotatable bonds is 4. The molecule has 4 heteroatoms. The Labute approximate surface area is 97.7 Å². The molecule has 0 aliphatic carbocycles. The first-order valence-electron chi connectivity index (χ1n) is 6.19. The van der Waals surface area contributed by atoms with E-state index < -0.39 is 0 Å². The van der Waals surface area contributed by atoms with Crippen LogP contribution in [0.2, 0.25) is 0 Å². The Morgan fingerprint density at radius 3 is 2.81 bits per heavy atom. The highest BCUT2D eigenvalue weighted by molar-refractivity contribution is 5.24. The highest BCUT2D eigenvalue weighted by atomic mass is 15.2. The van der Waals surface area contributed by atoms with E-state index in [1.54, 1.807) is 0 Å². The summed E-state index contributed by atoms with van der Waals surface area (Å²) in [4.78, 5) is 6.78. The number of imidazole rings is 1. The molecule has 1 saturated heterocycles. The van der Waals surface area contributed by atoms with Gasteiger partial charge >= 0.3 is 0 Å². The molecule has 0 radical (unpaired) electrons. The topological polar surface area (TPSA) is 33.1 Å². The Kier molecular flexibility index (Phi) is 3.83. The van der Waals surface area contributed by atoms with Crippen LogP contribution in [0.1, 0.15) is 19.8 Å². The van der Waals surface area contributed by atoms with Gasteiger partial charge in [0.25, 0.3) is 0 Å². The molecule has 1 aliphatic heterocycles. The lowest BCUT2D eigenvalue weighted by molar-refractivity contribution is 0.199. The van der Waals surface area contributed by atoms with Crippen LogP contribution < -0.4 is 5.32 Å². The number of likely N-dealkylation sites (tertiary alicyclic amines) is 1. The quantitative estimate of drug-likeness (QED) is 0.839. The van der Waals surface area contributed by atoms with Crippen LogP contribution in [0.15, 0.2) is 12.4 Å². The van der Waals surface area contributed by atoms with Gasteiger partial charge in [0.1, 0.15) is 0 Å². The molecule has 1 N–H and O–H groups in total. The van der Waals surface area contributed by atoms with Crippen LogP contribution in [0, 0.1) is 5.92 Å². The minimum absolute atomic E-state index is 0.916. The number of nitrogens with zero attached hydrogens (tertiary/aromatic N) is 3. The predicted molar refractivity (Wildman–Crippen MR) is 66.5 cm³/mol. The number of aryl methyl sites for hydroxylation is 1. The van der Waals surface area contributed by atoms with Crippen molar-refractivity contribution in [2.75, 3.05) is 31.5 Å². The van der Waals surface area contributed by atoms with E-state index in [0.29, 0.717) is 0 Å². The minimum Gasteiger partial charge on any atom is -0.354 e. The number of anilines is 1. The first-order valence-corrected chi connectivity index (χ1v) is 6.19. The molecule has 0 unspecified atom stereocenters. The molecular formula is C12H22N4. The Bertz CT molecular complexity index is 313. The summed E-state index contributed by atoms with van der Waals surface area (Å²) < 4.78 is 2.01. The molecule has 90 valence electrons. The molecule has 0 aromatic carbocycles. The lowest BCUT2D eigenvalue weighted by Gasteiger charge is -2.30. The second-order valence-corrected chi connectivity index (χ2v) is 4.81. The van der Waals surface area contributed by atoms with Crippen LogP contribution in [0.25, 0.3) is 0 Å². The lowest BCUT2D eigenvalue weighted by atomic mass is 9.99. The van der Waals surface area contributed by atoms with E-state index in [1.807, 2.05) is 24.0 Å². The van der Waals surface area contributed by atoms with Gasteiger partial charge < -0.3 is 14.8 Å². The van der Waals surface area contributed by atoms with E-state index in [0.717, 1.165) is 25.0 Å². The average Bonchev–Trinajstić information content (AvgIpc) is 2.68. The Morgan fingerprint density at radius 2 is 2.19 bits per heavy atom. The van der Waals surface area contributed by atoms with Crippen molar-refractivity contribution in [3.8, 4) is 0 Å². The summed E-state index contributed by atoms with van der Waals surface area (Å²) in [7, 11) is 2.01. The Hall–Kier alpha value is -1.03. The molecule has 0 amide bonds. The number of hydrogen-bond donors (Lipinski definition) is 1.